The van der Waals surface area contributed by atoms with Gasteiger partial charge in [0.25, 0.3) is 11.8 Å². The van der Waals surface area contributed by atoms with Crippen molar-refractivity contribution in [2.75, 3.05) is 19.6 Å². The summed E-state index contributed by atoms with van der Waals surface area (Å²) in [6.45, 7) is 10.1. The lowest BCUT2D eigenvalue weighted by Crippen LogP contribution is -2.46. The SMILES string of the molecule is CCN(CCCNC(=O)c1nnn2c1C(=O)N[C@@H](CC(C)C)C2)Cc1ccccc1. The Bertz CT molecular complexity index is 849. The summed E-state index contributed by atoms with van der Waals surface area (Å²) in [5.74, 6) is -0.158. The summed E-state index contributed by atoms with van der Waals surface area (Å²) in [7, 11) is 0. The topological polar surface area (TPSA) is 92.2 Å². The maximum atomic E-state index is 12.6. The number of fused-ring (bicyclic) bond motifs is 1. The smallest absolute Gasteiger partial charge is 0.274 e. The quantitative estimate of drug-likeness (QED) is 0.583. The van der Waals surface area contributed by atoms with E-state index in [1.807, 2.05) is 18.2 Å². The molecule has 1 aromatic heterocycles. The molecule has 0 radical (unpaired) electrons. The van der Waals surface area contributed by atoms with Crippen LogP contribution in [0.5, 0.6) is 0 Å². The van der Waals surface area contributed by atoms with Crippen molar-refractivity contribution in [2.45, 2.75) is 52.7 Å². The molecule has 1 atom stereocenters. The van der Waals surface area contributed by atoms with Gasteiger partial charge in [-0.05, 0) is 30.9 Å². The van der Waals surface area contributed by atoms with Crippen LogP contribution in [0.25, 0.3) is 0 Å². The van der Waals surface area contributed by atoms with Gasteiger partial charge < -0.3 is 10.6 Å². The second kappa shape index (κ2) is 10.3. The standard InChI is InChI=1S/C22H32N6O2/c1-4-27(14-17-9-6-5-7-10-17)12-8-11-23-21(29)19-20-22(30)24-18(13-16(2)3)15-28(20)26-25-19/h5-7,9-10,16,18H,4,8,11-15H2,1-3H3,(H,23,29)(H,24,30)/t18-/m0/s1. The number of amides is 2. The summed E-state index contributed by atoms with van der Waals surface area (Å²) in [5, 5.41) is 13.9. The molecule has 1 aromatic carbocycles. The van der Waals surface area contributed by atoms with Gasteiger partial charge in [0, 0.05) is 25.7 Å². The van der Waals surface area contributed by atoms with Crippen molar-refractivity contribution < 1.29 is 9.59 Å². The number of carbonyl (C=O) groups is 2. The Labute approximate surface area is 178 Å². The minimum absolute atomic E-state index is 0.0206. The first kappa shape index (κ1) is 22.0. The second-order valence-electron chi connectivity index (χ2n) is 8.23. The fourth-order valence-electron chi connectivity index (χ4n) is 3.81. The third kappa shape index (κ3) is 5.66. The van der Waals surface area contributed by atoms with Gasteiger partial charge in [0.05, 0.1) is 6.54 Å². The Kier molecular flexibility index (Phi) is 7.57. The molecule has 8 heteroatoms. The van der Waals surface area contributed by atoms with Gasteiger partial charge >= 0.3 is 0 Å². The molecular formula is C22H32N6O2. The van der Waals surface area contributed by atoms with Crippen molar-refractivity contribution >= 4 is 11.8 Å². The summed E-state index contributed by atoms with van der Waals surface area (Å²) >= 11 is 0. The lowest BCUT2D eigenvalue weighted by molar-refractivity contribution is 0.0870. The van der Waals surface area contributed by atoms with Crippen molar-refractivity contribution in [3.63, 3.8) is 0 Å². The maximum absolute atomic E-state index is 12.6. The molecule has 30 heavy (non-hydrogen) atoms. The van der Waals surface area contributed by atoms with Gasteiger partial charge in [-0.15, -0.1) is 5.10 Å². The Morgan fingerprint density at radius 1 is 1.33 bits per heavy atom. The lowest BCUT2D eigenvalue weighted by atomic mass is 10.0. The van der Waals surface area contributed by atoms with E-state index in [9.17, 15) is 9.59 Å². The van der Waals surface area contributed by atoms with E-state index in [0.29, 0.717) is 19.0 Å². The second-order valence-corrected chi connectivity index (χ2v) is 8.23. The van der Waals surface area contributed by atoms with Crippen molar-refractivity contribution in [3.8, 4) is 0 Å². The molecule has 1 aliphatic heterocycles. The number of aromatic nitrogens is 3. The molecule has 2 N–H and O–H groups in total. The van der Waals surface area contributed by atoms with Gasteiger partial charge in [0.2, 0.25) is 0 Å². The Morgan fingerprint density at radius 3 is 2.80 bits per heavy atom. The van der Waals surface area contributed by atoms with Crippen LogP contribution in [-0.4, -0.2) is 57.4 Å². The average Bonchev–Trinajstić information content (AvgIpc) is 3.15. The summed E-state index contributed by atoms with van der Waals surface area (Å²) < 4.78 is 1.56. The molecule has 0 fully saturated rings. The highest BCUT2D eigenvalue weighted by Gasteiger charge is 2.32. The highest BCUT2D eigenvalue weighted by Crippen LogP contribution is 2.16. The molecule has 1 aliphatic rings. The van der Waals surface area contributed by atoms with Gasteiger partial charge in [-0.1, -0.05) is 56.3 Å². The van der Waals surface area contributed by atoms with Crippen LogP contribution < -0.4 is 10.6 Å². The normalized spacial score (nSPS) is 15.9. The molecule has 2 amide bonds. The molecule has 2 heterocycles. The van der Waals surface area contributed by atoms with Crippen LogP contribution in [0.15, 0.2) is 30.3 Å². The summed E-state index contributed by atoms with van der Waals surface area (Å²) in [4.78, 5) is 27.4. The first-order chi connectivity index (χ1) is 14.5. The number of benzene rings is 1. The summed E-state index contributed by atoms with van der Waals surface area (Å²) in [5.41, 5.74) is 1.64. The Morgan fingerprint density at radius 2 is 2.10 bits per heavy atom. The van der Waals surface area contributed by atoms with Crippen molar-refractivity contribution in [2.24, 2.45) is 5.92 Å². The van der Waals surface area contributed by atoms with Crippen LogP contribution in [0.4, 0.5) is 0 Å². The minimum Gasteiger partial charge on any atom is -0.351 e. The number of nitrogens with zero attached hydrogens (tertiary/aromatic N) is 4. The number of hydrogen-bond acceptors (Lipinski definition) is 5. The van der Waals surface area contributed by atoms with Crippen molar-refractivity contribution in [3.05, 3.63) is 47.3 Å². The number of carbonyl (C=O) groups excluding carboxylic acids is 2. The Hall–Kier alpha value is -2.74. The van der Waals surface area contributed by atoms with Crippen LogP contribution in [0.1, 0.15) is 60.2 Å². The van der Waals surface area contributed by atoms with E-state index in [1.165, 1.54) is 5.56 Å². The maximum Gasteiger partial charge on any atom is 0.274 e. The molecule has 0 saturated heterocycles. The van der Waals surface area contributed by atoms with Crippen LogP contribution in [0, 0.1) is 5.92 Å². The summed E-state index contributed by atoms with van der Waals surface area (Å²) in [6, 6.07) is 10.4. The van der Waals surface area contributed by atoms with E-state index in [4.69, 9.17) is 0 Å². The van der Waals surface area contributed by atoms with Crippen LogP contribution in [0.3, 0.4) is 0 Å². The van der Waals surface area contributed by atoms with Gasteiger partial charge in [0.1, 0.15) is 0 Å². The molecule has 8 nitrogen and oxygen atoms in total. The van der Waals surface area contributed by atoms with Gasteiger partial charge in [0.15, 0.2) is 11.4 Å². The first-order valence-electron chi connectivity index (χ1n) is 10.8. The van der Waals surface area contributed by atoms with E-state index in [-0.39, 0.29) is 29.2 Å². The first-order valence-corrected chi connectivity index (χ1v) is 10.8. The average molecular weight is 413 g/mol. The number of hydrogen-bond donors (Lipinski definition) is 2. The van der Waals surface area contributed by atoms with Crippen molar-refractivity contribution in [1.82, 2.24) is 30.5 Å². The largest absolute Gasteiger partial charge is 0.351 e. The molecule has 2 aromatic rings. The molecule has 0 unspecified atom stereocenters. The molecule has 0 bridgehead atoms. The molecule has 3 rings (SSSR count). The predicted molar refractivity (Wildman–Crippen MR) is 115 cm³/mol. The van der Waals surface area contributed by atoms with E-state index in [1.54, 1.807) is 4.68 Å². The van der Waals surface area contributed by atoms with Crippen LogP contribution in [-0.2, 0) is 13.1 Å². The fourth-order valence-corrected chi connectivity index (χ4v) is 3.81. The third-order valence-corrected chi connectivity index (χ3v) is 5.28. The monoisotopic (exact) mass is 412 g/mol. The predicted octanol–water partition coefficient (Wildman–Crippen LogP) is 2.08. The number of rotatable bonds is 10. The zero-order valence-corrected chi connectivity index (χ0v) is 18.1. The van der Waals surface area contributed by atoms with Crippen LogP contribution >= 0.6 is 0 Å². The number of nitrogens with one attached hydrogen (secondary N) is 2. The Balaban J connectivity index is 1.49. The van der Waals surface area contributed by atoms with E-state index in [0.717, 1.165) is 32.5 Å². The van der Waals surface area contributed by atoms with E-state index < -0.39 is 0 Å². The third-order valence-electron chi connectivity index (χ3n) is 5.28. The summed E-state index contributed by atoms with van der Waals surface area (Å²) in [6.07, 6.45) is 1.68. The van der Waals surface area contributed by atoms with Gasteiger partial charge in [-0.25, -0.2) is 4.68 Å². The zero-order chi connectivity index (χ0) is 21.5. The zero-order valence-electron chi connectivity index (χ0n) is 18.1. The van der Waals surface area contributed by atoms with Gasteiger partial charge in [-0.3, -0.25) is 14.5 Å². The molecular weight excluding hydrogens is 380 g/mol. The fraction of sp³-hybridized carbons (Fsp3) is 0.545. The highest BCUT2D eigenvalue weighted by molar-refractivity contribution is 6.05. The van der Waals surface area contributed by atoms with Crippen LogP contribution in [0.2, 0.25) is 0 Å². The van der Waals surface area contributed by atoms with E-state index >= 15 is 0 Å². The van der Waals surface area contributed by atoms with E-state index in [2.05, 4.69) is 58.7 Å². The molecule has 0 aliphatic carbocycles. The molecule has 162 valence electrons. The highest BCUT2D eigenvalue weighted by atomic mass is 16.2. The minimum atomic E-state index is -0.347. The van der Waals surface area contributed by atoms with Gasteiger partial charge in [-0.2, -0.15) is 0 Å². The molecule has 0 spiro atoms. The lowest BCUT2D eigenvalue weighted by Gasteiger charge is -2.25. The van der Waals surface area contributed by atoms with Crippen molar-refractivity contribution in [1.29, 1.82) is 0 Å². The molecule has 0 saturated carbocycles.